The van der Waals surface area contributed by atoms with Crippen LogP contribution >= 0.6 is 11.8 Å². The molecule has 0 saturated carbocycles. The van der Waals surface area contributed by atoms with E-state index in [2.05, 4.69) is 6.92 Å². The van der Waals surface area contributed by atoms with Crippen LogP contribution in [0.4, 0.5) is 0 Å². The second kappa shape index (κ2) is 9.06. The summed E-state index contributed by atoms with van der Waals surface area (Å²) in [6, 6.07) is 17.0. The number of rotatable bonds is 7. The lowest BCUT2D eigenvalue weighted by Gasteiger charge is -2.22. The second-order valence-corrected chi connectivity index (χ2v) is 7.94. The van der Waals surface area contributed by atoms with Gasteiger partial charge in [-0.15, -0.1) is 0 Å². The van der Waals surface area contributed by atoms with Crippen LogP contribution < -0.4 is 5.56 Å². The maximum absolute atomic E-state index is 13.1. The van der Waals surface area contributed by atoms with Gasteiger partial charge < -0.3 is 4.90 Å². The number of hydrogen-bond donors (Lipinski definition) is 0. The SMILES string of the molecule is CCCCn1c(S[C@@H](C(=O)N(C)C)c2ccccc2)nc2ccccc2c1=O. The van der Waals surface area contributed by atoms with Crippen LogP contribution in [-0.4, -0.2) is 34.5 Å². The van der Waals surface area contributed by atoms with E-state index in [0.29, 0.717) is 22.6 Å². The molecule has 1 atom stereocenters. The first-order chi connectivity index (χ1) is 13.5. The zero-order chi connectivity index (χ0) is 20.1. The van der Waals surface area contributed by atoms with Crippen molar-refractivity contribution < 1.29 is 4.79 Å². The molecule has 0 aliphatic rings. The molecule has 1 amide bonds. The molecule has 6 heteroatoms. The van der Waals surface area contributed by atoms with Gasteiger partial charge in [-0.1, -0.05) is 67.6 Å². The molecule has 0 radical (unpaired) electrons. The number of fused-ring (bicyclic) bond motifs is 1. The Hall–Kier alpha value is -2.60. The van der Waals surface area contributed by atoms with Crippen molar-refractivity contribution in [3.8, 4) is 0 Å². The number of aromatic nitrogens is 2. The molecule has 0 aliphatic carbocycles. The van der Waals surface area contributed by atoms with E-state index in [-0.39, 0.29) is 11.5 Å². The van der Waals surface area contributed by atoms with Crippen molar-refractivity contribution in [3.05, 3.63) is 70.5 Å². The highest BCUT2D eigenvalue weighted by molar-refractivity contribution is 8.00. The number of amides is 1. The average molecular weight is 396 g/mol. The van der Waals surface area contributed by atoms with Crippen LogP contribution in [0.1, 0.15) is 30.6 Å². The fourth-order valence-electron chi connectivity index (χ4n) is 2.98. The Bertz CT molecular complexity index is 1020. The molecule has 5 nitrogen and oxygen atoms in total. The van der Waals surface area contributed by atoms with Crippen molar-refractivity contribution in [1.82, 2.24) is 14.5 Å². The maximum atomic E-state index is 13.1. The van der Waals surface area contributed by atoms with Crippen molar-refractivity contribution in [2.45, 2.75) is 36.7 Å². The lowest BCUT2D eigenvalue weighted by atomic mass is 10.1. The van der Waals surface area contributed by atoms with E-state index >= 15 is 0 Å². The summed E-state index contributed by atoms with van der Waals surface area (Å²) in [6.07, 6.45) is 1.85. The highest BCUT2D eigenvalue weighted by Gasteiger charge is 2.26. The first-order valence-corrected chi connectivity index (χ1v) is 10.3. The molecule has 146 valence electrons. The molecule has 0 unspecified atom stereocenters. The molecule has 0 aliphatic heterocycles. The summed E-state index contributed by atoms with van der Waals surface area (Å²) < 4.78 is 1.72. The summed E-state index contributed by atoms with van der Waals surface area (Å²) in [5, 5.41) is 0.733. The number of likely N-dealkylation sites (N-methyl/N-ethyl adjacent to an activating group) is 1. The fourth-order valence-corrected chi connectivity index (χ4v) is 4.25. The number of carbonyl (C=O) groups is 1. The smallest absolute Gasteiger partial charge is 0.262 e. The lowest BCUT2D eigenvalue weighted by molar-refractivity contribution is -0.128. The Morgan fingerprint density at radius 2 is 1.79 bits per heavy atom. The Morgan fingerprint density at radius 3 is 2.46 bits per heavy atom. The molecule has 0 N–H and O–H groups in total. The number of carbonyl (C=O) groups excluding carboxylic acids is 1. The summed E-state index contributed by atoms with van der Waals surface area (Å²) in [5.41, 5.74) is 1.51. The topological polar surface area (TPSA) is 55.2 Å². The van der Waals surface area contributed by atoms with Crippen LogP contribution in [0, 0.1) is 0 Å². The number of para-hydroxylation sites is 1. The van der Waals surface area contributed by atoms with Crippen LogP contribution in [0.2, 0.25) is 0 Å². The first kappa shape index (κ1) is 20.1. The van der Waals surface area contributed by atoms with Crippen molar-refractivity contribution >= 4 is 28.6 Å². The third-order valence-corrected chi connectivity index (χ3v) is 5.78. The minimum Gasteiger partial charge on any atom is -0.348 e. The van der Waals surface area contributed by atoms with Crippen molar-refractivity contribution in [2.75, 3.05) is 14.1 Å². The second-order valence-electron chi connectivity index (χ2n) is 6.86. The van der Waals surface area contributed by atoms with Crippen LogP contribution in [-0.2, 0) is 11.3 Å². The third-order valence-electron chi connectivity index (χ3n) is 4.55. The largest absolute Gasteiger partial charge is 0.348 e. The molecule has 3 aromatic rings. The van der Waals surface area contributed by atoms with Crippen LogP contribution in [0.3, 0.4) is 0 Å². The van der Waals surface area contributed by atoms with Gasteiger partial charge in [-0.25, -0.2) is 4.98 Å². The number of hydrogen-bond acceptors (Lipinski definition) is 4. The van der Waals surface area contributed by atoms with Gasteiger partial charge in [-0.2, -0.15) is 0 Å². The molecule has 0 fully saturated rings. The zero-order valence-electron chi connectivity index (χ0n) is 16.5. The minimum absolute atomic E-state index is 0.0272. The van der Waals surface area contributed by atoms with Crippen LogP contribution in [0.25, 0.3) is 10.9 Å². The van der Waals surface area contributed by atoms with Gasteiger partial charge in [0, 0.05) is 20.6 Å². The predicted molar refractivity (Wildman–Crippen MR) is 115 cm³/mol. The Kier molecular flexibility index (Phi) is 6.52. The number of thioether (sulfide) groups is 1. The predicted octanol–water partition coefficient (Wildman–Crippen LogP) is 4.12. The van der Waals surface area contributed by atoms with Crippen LogP contribution in [0.5, 0.6) is 0 Å². The molecule has 2 aromatic carbocycles. The summed E-state index contributed by atoms with van der Waals surface area (Å²) in [6.45, 7) is 2.68. The highest BCUT2D eigenvalue weighted by atomic mass is 32.2. The van der Waals surface area contributed by atoms with E-state index in [1.165, 1.54) is 11.8 Å². The van der Waals surface area contributed by atoms with Crippen molar-refractivity contribution in [3.63, 3.8) is 0 Å². The summed E-state index contributed by atoms with van der Waals surface area (Å²) in [5.74, 6) is -0.0272. The lowest BCUT2D eigenvalue weighted by Crippen LogP contribution is -2.28. The Balaban J connectivity index is 2.11. The summed E-state index contributed by atoms with van der Waals surface area (Å²) in [4.78, 5) is 32.3. The molecule has 28 heavy (non-hydrogen) atoms. The molecule has 1 aromatic heterocycles. The maximum Gasteiger partial charge on any atom is 0.262 e. The highest BCUT2D eigenvalue weighted by Crippen LogP contribution is 2.35. The quantitative estimate of drug-likeness (QED) is 0.446. The summed E-state index contributed by atoms with van der Waals surface area (Å²) in [7, 11) is 3.49. The molecule has 1 heterocycles. The Labute approximate surface area is 169 Å². The van der Waals surface area contributed by atoms with E-state index in [9.17, 15) is 9.59 Å². The van der Waals surface area contributed by atoms with Gasteiger partial charge in [-0.05, 0) is 24.1 Å². The van der Waals surface area contributed by atoms with E-state index in [1.807, 2.05) is 48.5 Å². The molecule has 0 bridgehead atoms. The van der Waals surface area contributed by atoms with E-state index in [4.69, 9.17) is 4.98 Å². The molecular weight excluding hydrogens is 370 g/mol. The monoisotopic (exact) mass is 395 g/mol. The normalized spacial score (nSPS) is 12.1. The van der Waals surface area contributed by atoms with E-state index in [1.54, 1.807) is 29.6 Å². The van der Waals surface area contributed by atoms with Gasteiger partial charge in [0.1, 0.15) is 5.25 Å². The standard InChI is InChI=1S/C22H25N3O2S/c1-4-5-15-25-20(26)17-13-9-10-14-18(17)23-22(25)28-19(21(27)24(2)3)16-11-7-6-8-12-16/h6-14,19H,4-5,15H2,1-3H3/t19-/m1/s1. The van der Waals surface area contributed by atoms with E-state index in [0.717, 1.165) is 18.4 Å². The van der Waals surface area contributed by atoms with Gasteiger partial charge >= 0.3 is 0 Å². The molecule has 3 rings (SSSR count). The zero-order valence-corrected chi connectivity index (χ0v) is 17.3. The summed E-state index contributed by atoms with van der Waals surface area (Å²) >= 11 is 1.34. The van der Waals surface area contributed by atoms with Gasteiger partial charge in [0.25, 0.3) is 5.56 Å². The first-order valence-electron chi connectivity index (χ1n) is 9.45. The van der Waals surface area contributed by atoms with E-state index < -0.39 is 5.25 Å². The fraction of sp³-hybridized carbons (Fsp3) is 0.318. The van der Waals surface area contributed by atoms with Crippen molar-refractivity contribution in [2.24, 2.45) is 0 Å². The van der Waals surface area contributed by atoms with Crippen molar-refractivity contribution in [1.29, 1.82) is 0 Å². The molecule has 0 spiro atoms. The average Bonchev–Trinajstić information content (AvgIpc) is 2.71. The minimum atomic E-state index is -0.461. The van der Waals surface area contributed by atoms with Gasteiger partial charge in [-0.3, -0.25) is 14.2 Å². The third kappa shape index (κ3) is 4.28. The molecular formula is C22H25N3O2S. The van der Waals surface area contributed by atoms with Gasteiger partial charge in [0.2, 0.25) is 5.91 Å². The number of nitrogens with zero attached hydrogens (tertiary/aromatic N) is 3. The number of unbranched alkanes of at least 4 members (excludes halogenated alkanes) is 1. The van der Waals surface area contributed by atoms with Gasteiger partial charge in [0.15, 0.2) is 5.16 Å². The van der Waals surface area contributed by atoms with Crippen LogP contribution in [0.15, 0.2) is 64.5 Å². The van der Waals surface area contributed by atoms with Gasteiger partial charge in [0.05, 0.1) is 10.9 Å². The number of benzene rings is 2. The Morgan fingerprint density at radius 1 is 1.11 bits per heavy atom. The molecule has 0 saturated heterocycles.